The highest BCUT2D eigenvalue weighted by atomic mass is 16.3. The highest BCUT2D eigenvalue weighted by molar-refractivity contribution is 5.78. The molecule has 0 bridgehead atoms. The molecule has 1 amide bonds. The Morgan fingerprint density at radius 1 is 1.59 bits per heavy atom. The van der Waals surface area contributed by atoms with E-state index >= 15 is 0 Å². The van der Waals surface area contributed by atoms with Gasteiger partial charge >= 0.3 is 0 Å². The molecule has 1 heterocycles. The Kier molecular flexibility index (Phi) is 6.52. The monoisotopic (exact) mass is 242 g/mol. The van der Waals surface area contributed by atoms with Crippen LogP contribution in [0, 0.1) is 11.8 Å². The van der Waals surface area contributed by atoms with Gasteiger partial charge in [-0.3, -0.25) is 4.79 Å². The third-order valence-corrected chi connectivity index (χ3v) is 3.67. The van der Waals surface area contributed by atoms with Crippen molar-refractivity contribution in [3.05, 3.63) is 0 Å². The molecule has 0 spiro atoms. The van der Waals surface area contributed by atoms with Gasteiger partial charge in [0.25, 0.3) is 0 Å². The molecule has 0 aromatic heterocycles. The summed E-state index contributed by atoms with van der Waals surface area (Å²) in [6, 6.07) is 0.443. The van der Waals surface area contributed by atoms with E-state index in [4.69, 9.17) is 5.11 Å². The number of carbonyl (C=O) groups excluding carboxylic acids is 1. The van der Waals surface area contributed by atoms with E-state index in [1.54, 1.807) is 0 Å². The maximum atomic E-state index is 12.0. The molecule has 1 aliphatic heterocycles. The number of amides is 1. The van der Waals surface area contributed by atoms with Crippen molar-refractivity contribution < 1.29 is 9.90 Å². The highest BCUT2D eigenvalue weighted by Crippen LogP contribution is 2.16. The Balaban J connectivity index is 2.28. The number of aliphatic hydroxyl groups is 1. The van der Waals surface area contributed by atoms with Crippen LogP contribution in [0.1, 0.15) is 39.5 Å². The van der Waals surface area contributed by atoms with E-state index < -0.39 is 0 Å². The molecule has 1 fully saturated rings. The van der Waals surface area contributed by atoms with Gasteiger partial charge in [-0.15, -0.1) is 0 Å². The SMILES string of the molecule is CCC(CCO)CNC(=O)[C@H]1CCN[C@@H](C)C1. The Morgan fingerprint density at radius 2 is 2.35 bits per heavy atom. The summed E-state index contributed by atoms with van der Waals surface area (Å²) in [5.74, 6) is 0.760. The highest BCUT2D eigenvalue weighted by Gasteiger charge is 2.24. The topological polar surface area (TPSA) is 61.4 Å². The lowest BCUT2D eigenvalue weighted by atomic mass is 9.92. The van der Waals surface area contributed by atoms with E-state index in [1.807, 2.05) is 0 Å². The van der Waals surface area contributed by atoms with Crippen LogP contribution >= 0.6 is 0 Å². The van der Waals surface area contributed by atoms with Crippen LogP contribution in [0.4, 0.5) is 0 Å². The van der Waals surface area contributed by atoms with Gasteiger partial charge in [0.1, 0.15) is 0 Å². The minimum atomic E-state index is 0.165. The van der Waals surface area contributed by atoms with Crippen LogP contribution in [0.5, 0.6) is 0 Å². The van der Waals surface area contributed by atoms with E-state index in [2.05, 4.69) is 24.5 Å². The molecule has 1 saturated heterocycles. The molecule has 3 N–H and O–H groups in total. The number of rotatable bonds is 6. The lowest BCUT2D eigenvalue weighted by molar-refractivity contribution is -0.126. The molecule has 0 saturated carbocycles. The van der Waals surface area contributed by atoms with Crippen molar-refractivity contribution >= 4 is 5.91 Å². The fraction of sp³-hybridized carbons (Fsp3) is 0.923. The van der Waals surface area contributed by atoms with Crippen molar-refractivity contribution in [2.45, 2.75) is 45.6 Å². The van der Waals surface area contributed by atoms with Crippen LogP contribution < -0.4 is 10.6 Å². The molecule has 17 heavy (non-hydrogen) atoms. The standard InChI is InChI=1S/C13H26N2O2/c1-3-11(5-7-16)9-15-13(17)12-4-6-14-10(2)8-12/h10-12,14,16H,3-9H2,1-2H3,(H,15,17)/t10-,11?,12-/m0/s1. The Morgan fingerprint density at radius 3 is 2.94 bits per heavy atom. The molecule has 1 rings (SSSR count). The van der Waals surface area contributed by atoms with Crippen molar-refractivity contribution in [1.82, 2.24) is 10.6 Å². The minimum Gasteiger partial charge on any atom is -0.396 e. The van der Waals surface area contributed by atoms with Gasteiger partial charge in [-0.1, -0.05) is 13.3 Å². The van der Waals surface area contributed by atoms with Gasteiger partial charge in [0.15, 0.2) is 0 Å². The van der Waals surface area contributed by atoms with Gasteiger partial charge in [0.2, 0.25) is 5.91 Å². The molecule has 0 aliphatic carbocycles. The number of carbonyl (C=O) groups is 1. The first-order valence-electron chi connectivity index (χ1n) is 6.79. The molecule has 3 atom stereocenters. The van der Waals surface area contributed by atoms with Gasteiger partial charge in [0, 0.05) is 25.1 Å². The Bertz CT molecular complexity index is 233. The van der Waals surface area contributed by atoms with Crippen molar-refractivity contribution in [1.29, 1.82) is 0 Å². The summed E-state index contributed by atoms with van der Waals surface area (Å²) in [6.45, 7) is 6.07. The third-order valence-electron chi connectivity index (χ3n) is 3.67. The molecular formula is C13H26N2O2. The summed E-state index contributed by atoms with van der Waals surface area (Å²) in [5.41, 5.74) is 0. The second-order valence-electron chi connectivity index (χ2n) is 5.11. The van der Waals surface area contributed by atoms with E-state index in [9.17, 15) is 4.79 Å². The Hall–Kier alpha value is -0.610. The first-order chi connectivity index (χ1) is 8.17. The van der Waals surface area contributed by atoms with E-state index in [1.165, 1.54) is 0 Å². The Labute approximate surface area is 104 Å². The van der Waals surface area contributed by atoms with Gasteiger partial charge in [0.05, 0.1) is 0 Å². The van der Waals surface area contributed by atoms with Crippen LogP contribution in [0.25, 0.3) is 0 Å². The predicted molar refractivity (Wildman–Crippen MR) is 68.7 cm³/mol. The maximum absolute atomic E-state index is 12.0. The minimum absolute atomic E-state index is 0.165. The number of nitrogens with one attached hydrogen (secondary N) is 2. The quantitative estimate of drug-likeness (QED) is 0.648. The van der Waals surface area contributed by atoms with Crippen LogP contribution in [-0.2, 0) is 4.79 Å². The van der Waals surface area contributed by atoms with Crippen molar-refractivity contribution in [2.75, 3.05) is 19.7 Å². The van der Waals surface area contributed by atoms with Crippen LogP contribution in [0.3, 0.4) is 0 Å². The zero-order valence-electron chi connectivity index (χ0n) is 11.0. The second kappa shape index (κ2) is 7.67. The van der Waals surface area contributed by atoms with E-state index in [0.717, 1.165) is 32.2 Å². The largest absolute Gasteiger partial charge is 0.396 e. The summed E-state index contributed by atoms with van der Waals surface area (Å²) < 4.78 is 0. The molecular weight excluding hydrogens is 216 g/mol. The molecule has 4 nitrogen and oxygen atoms in total. The van der Waals surface area contributed by atoms with Gasteiger partial charge in [-0.25, -0.2) is 0 Å². The molecule has 0 aromatic rings. The summed E-state index contributed by atoms with van der Waals surface area (Å²) in [5, 5.41) is 15.3. The summed E-state index contributed by atoms with van der Waals surface area (Å²) in [4.78, 5) is 12.0. The molecule has 4 heteroatoms. The first kappa shape index (κ1) is 14.5. The molecule has 0 radical (unpaired) electrons. The zero-order chi connectivity index (χ0) is 12.7. The number of aliphatic hydroxyl groups excluding tert-OH is 1. The lowest BCUT2D eigenvalue weighted by Gasteiger charge is -2.27. The number of piperidine rings is 1. The van der Waals surface area contributed by atoms with E-state index in [0.29, 0.717) is 18.5 Å². The number of hydrogen-bond donors (Lipinski definition) is 3. The summed E-state index contributed by atoms with van der Waals surface area (Å²) in [6.07, 6.45) is 3.65. The third kappa shape index (κ3) is 5.04. The zero-order valence-corrected chi connectivity index (χ0v) is 11.0. The fourth-order valence-electron chi connectivity index (χ4n) is 2.39. The number of hydrogen-bond acceptors (Lipinski definition) is 3. The van der Waals surface area contributed by atoms with Gasteiger partial charge < -0.3 is 15.7 Å². The maximum Gasteiger partial charge on any atom is 0.223 e. The average molecular weight is 242 g/mol. The first-order valence-corrected chi connectivity index (χ1v) is 6.79. The normalized spacial score (nSPS) is 26.5. The van der Waals surface area contributed by atoms with Crippen LogP contribution in [0.15, 0.2) is 0 Å². The second-order valence-corrected chi connectivity index (χ2v) is 5.11. The smallest absolute Gasteiger partial charge is 0.223 e. The molecule has 1 unspecified atom stereocenters. The average Bonchev–Trinajstić information content (AvgIpc) is 2.34. The molecule has 1 aliphatic rings. The van der Waals surface area contributed by atoms with Gasteiger partial charge in [-0.05, 0) is 38.6 Å². The van der Waals surface area contributed by atoms with Crippen molar-refractivity contribution in [2.24, 2.45) is 11.8 Å². The molecule has 0 aromatic carbocycles. The van der Waals surface area contributed by atoms with Crippen LogP contribution in [0.2, 0.25) is 0 Å². The van der Waals surface area contributed by atoms with Crippen molar-refractivity contribution in [3.63, 3.8) is 0 Å². The van der Waals surface area contributed by atoms with Crippen molar-refractivity contribution in [3.8, 4) is 0 Å². The summed E-state index contributed by atoms with van der Waals surface area (Å²) >= 11 is 0. The molecule has 100 valence electrons. The van der Waals surface area contributed by atoms with E-state index in [-0.39, 0.29) is 18.4 Å². The lowest BCUT2D eigenvalue weighted by Crippen LogP contribution is -2.43. The fourth-order valence-corrected chi connectivity index (χ4v) is 2.39. The van der Waals surface area contributed by atoms with Crippen LogP contribution in [-0.4, -0.2) is 36.8 Å². The predicted octanol–water partition coefficient (Wildman–Crippen LogP) is 0.899. The summed E-state index contributed by atoms with van der Waals surface area (Å²) in [7, 11) is 0. The van der Waals surface area contributed by atoms with Gasteiger partial charge in [-0.2, -0.15) is 0 Å².